The van der Waals surface area contributed by atoms with Gasteiger partial charge in [-0.3, -0.25) is 30.0 Å². The number of aliphatic imine (C=N–C) groups is 6. The third-order valence-corrected chi connectivity index (χ3v) is 11.2. The quantitative estimate of drug-likeness (QED) is 0.0659. The van der Waals surface area contributed by atoms with E-state index in [1.54, 1.807) is 0 Å². The Morgan fingerprint density at radius 2 is 0.364 bits per heavy atom. The fourth-order valence-corrected chi connectivity index (χ4v) is 5.88. The lowest BCUT2D eigenvalue weighted by Gasteiger charge is -2.17. The topological polar surface area (TPSA) is 317 Å². The molecule has 18 nitrogen and oxygen atoms in total. The summed E-state index contributed by atoms with van der Waals surface area (Å²) >= 11 is 0. The molecule has 0 radical (unpaired) electrons. The van der Waals surface area contributed by atoms with Crippen molar-refractivity contribution >= 4 is 37.3 Å². The SMILES string of the molecule is CC(C)[C@@H](CO)N=Cc1c(O)c(C=N[C@H](CO)C(C)C)c(O)c(C=N[C@H](CO)C(C)C)c1O.CC(C)[C@@H](CO)N=Cc1c(O)c(C=N[C@H](CO)C(C)C)c(O)c(C=N[C@H](CO)C(C)C)c1O. The molecule has 2 aromatic carbocycles. The van der Waals surface area contributed by atoms with Gasteiger partial charge in [0, 0.05) is 37.3 Å². The van der Waals surface area contributed by atoms with E-state index in [0.29, 0.717) is 0 Å². The van der Waals surface area contributed by atoms with Crippen LogP contribution >= 0.6 is 0 Å². The van der Waals surface area contributed by atoms with E-state index in [0.717, 1.165) is 0 Å². The zero-order valence-electron chi connectivity index (χ0n) is 40.7. The van der Waals surface area contributed by atoms with Crippen molar-refractivity contribution in [1.82, 2.24) is 0 Å². The molecule has 0 heterocycles. The van der Waals surface area contributed by atoms with E-state index in [4.69, 9.17) is 0 Å². The van der Waals surface area contributed by atoms with Crippen molar-refractivity contribution in [1.29, 1.82) is 0 Å². The minimum atomic E-state index is -0.453. The van der Waals surface area contributed by atoms with Crippen molar-refractivity contribution in [3.05, 3.63) is 33.4 Å². The average molecular weight is 931 g/mol. The second-order valence-corrected chi connectivity index (χ2v) is 18.2. The van der Waals surface area contributed by atoms with Crippen molar-refractivity contribution in [3.63, 3.8) is 0 Å². The maximum absolute atomic E-state index is 10.8. The molecule has 0 spiro atoms. The second kappa shape index (κ2) is 28.9. The second-order valence-electron chi connectivity index (χ2n) is 18.2. The molecule has 0 amide bonds. The summed E-state index contributed by atoms with van der Waals surface area (Å²) in [6, 6.07) is -2.72. The molecule has 0 saturated heterocycles. The van der Waals surface area contributed by atoms with Gasteiger partial charge in [-0.1, -0.05) is 83.1 Å². The molecule has 0 unspecified atom stereocenters. The maximum Gasteiger partial charge on any atom is 0.140 e. The molecule has 0 bridgehead atoms. The summed E-state index contributed by atoms with van der Waals surface area (Å²) in [5, 5.41) is 122. The van der Waals surface area contributed by atoms with Crippen LogP contribution in [0.2, 0.25) is 0 Å². The van der Waals surface area contributed by atoms with Crippen LogP contribution in [0, 0.1) is 35.5 Å². The molecule has 18 heteroatoms. The van der Waals surface area contributed by atoms with Crippen LogP contribution < -0.4 is 0 Å². The van der Waals surface area contributed by atoms with E-state index in [2.05, 4.69) is 30.0 Å². The van der Waals surface area contributed by atoms with Crippen LogP contribution in [-0.4, -0.2) is 174 Å². The predicted octanol–water partition coefficient (Wildman–Crippen LogP) is 4.22. The Morgan fingerprint density at radius 3 is 0.439 bits per heavy atom. The first-order chi connectivity index (χ1) is 31.0. The number of hydrogen-bond acceptors (Lipinski definition) is 18. The number of phenols is 6. The molecule has 12 N–H and O–H groups in total. The lowest BCUT2D eigenvalue weighted by molar-refractivity contribution is 0.240. The maximum atomic E-state index is 10.8. The van der Waals surface area contributed by atoms with Crippen LogP contribution in [0.3, 0.4) is 0 Å². The standard InChI is InChI=1S/2C24H39N3O6/c2*1-13(2)19(10-28)25-7-16-22(31)17(8-26-20(11-29)14(3)4)24(33)18(23(16)32)9-27-21(12-30)15(5)6/h2*7-9,13-15,19-21,28-33H,10-12H2,1-6H3/t2*19-,20-,21-/m11/s1. The molecule has 6 atom stereocenters. The molecule has 372 valence electrons. The van der Waals surface area contributed by atoms with E-state index in [-0.39, 0.29) is 109 Å². The molecule has 0 aliphatic rings. The molecular weight excluding hydrogens is 853 g/mol. The van der Waals surface area contributed by atoms with E-state index in [9.17, 15) is 61.3 Å². The largest absolute Gasteiger partial charge is 0.506 e. The molecule has 0 aromatic heterocycles. The van der Waals surface area contributed by atoms with Gasteiger partial charge in [-0.15, -0.1) is 0 Å². The Balaban J connectivity index is 0.000000660. The van der Waals surface area contributed by atoms with E-state index in [1.165, 1.54) is 37.3 Å². The van der Waals surface area contributed by atoms with Crippen molar-refractivity contribution in [2.45, 2.75) is 119 Å². The Bertz CT molecular complexity index is 1580. The zero-order chi connectivity index (χ0) is 50.6. The Morgan fingerprint density at radius 1 is 0.258 bits per heavy atom. The average Bonchev–Trinajstić information content (AvgIpc) is 3.24. The molecule has 0 aliphatic carbocycles. The smallest absolute Gasteiger partial charge is 0.140 e. The van der Waals surface area contributed by atoms with Crippen LogP contribution in [-0.2, 0) is 0 Å². The number of aliphatic hydroxyl groups is 6. The van der Waals surface area contributed by atoms with Gasteiger partial charge in [-0.05, 0) is 35.5 Å². The fourth-order valence-electron chi connectivity index (χ4n) is 5.88. The first-order valence-corrected chi connectivity index (χ1v) is 22.4. The van der Waals surface area contributed by atoms with Crippen LogP contribution in [0.15, 0.2) is 30.0 Å². The molecule has 66 heavy (non-hydrogen) atoms. The monoisotopic (exact) mass is 931 g/mol. The summed E-state index contributed by atoms with van der Waals surface area (Å²) in [4.78, 5) is 25.7. The number of rotatable bonds is 24. The molecule has 0 aliphatic heterocycles. The predicted molar refractivity (Wildman–Crippen MR) is 263 cm³/mol. The van der Waals surface area contributed by atoms with Gasteiger partial charge in [0.15, 0.2) is 0 Å². The number of aromatic hydroxyl groups is 6. The zero-order valence-corrected chi connectivity index (χ0v) is 40.7. The minimum absolute atomic E-state index is 0.0161. The van der Waals surface area contributed by atoms with Gasteiger partial charge < -0.3 is 61.3 Å². The van der Waals surface area contributed by atoms with Crippen molar-refractivity contribution in [2.75, 3.05) is 39.6 Å². The molecule has 0 saturated carbocycles. The van der Waals surface area contributed by atoms with Gasteiger partial charge in [0.1, 0.15) is 34.5 Å². The lowest BCUT2D eigenvalue weighted by Crippen LogP contribution is -2.18. The van der Waals surface area contributed by atoms with Gasteiger partial charge >= 0.3 is 0 Å². The normalized spacial score (nSPS) is 15.6. The lowest BCUT2D eigenvalue weighted by atomic mass is 10.00. The third-order valence-electron chi connectivity index (χ3n) is 11.2. The number of hydrogen-bond donors (Lipinski definition) is 12. The van der Waals surface area contributed by atoms with Gasteiger partial charge in [0.25, 0.3) is 0 Å². The highest BCUT2D eigenvalue weighted by Crippen LogP contribution is 2.41. The highest BCUT2D eigenvalue weighted by atomic mass is 16.3. The van der Waals surface area contributed by atoms with E-state index < -0.39 is 70.7 Å². The Hall–Kier alpha value is -4.98. The Kier molecular flexibility index (Phi) is 25.9. The summed E-state index contributed by atoms with van der Waals surface area (Å²) in [5.41, 5.74) is -0.389. The van der Waals surface area contributed by atoms with E-state index in [1.807, 2.05) is 83.1 Å². The van der Waals surface area contributed by atoms with Crippen LogP contribution in [0.4, 0.5) is 0 Å². The highest BCUT2D eigenvalue weighted by molar-refractivity contribution is 6.04. The van der Waals surface area contributed by atoms with Crippen molar-refractivity contribution in [3.8, 4) is 34.5 Å². The van der Waals surface area contributed by atoms with Gasteiger partial charge in [0.05, 0.1) is 109 Å². The summed E-state index contributed by atoms with van der Waals surface area (Å²) in [6.45, 7) is 21.3. The molecule has 2 aromatic rings. The first kappa shape index (κ1) is 59.0. The van der Waals surface area contributed by atoms with Gasteiger partial charge in [0.2, 0.25) is 0 Å². The molecule has 2 rings (SSSR count). The summed E-state index contributed by atoms with van der Waals surface area (Å²) in [5.74, 6) is -2.58. The Labute approximate surface area is 390 Å². The van der Waals surface area contributed by atoms with Gasteiger partial charge in [-0.2, -0.15) is 0 Å². The fraction of sp³-hybridized carbons (Fsp3) is 0.625. The summed E-state index contributed by atoms with van der Waals surface area (Å²) in [6.07, 6.45) is 7.49. The van der Waals surface area contributed by atoms with Crippen LogP contribution in [0.25, 0.3) is 0 Å². The van der Waals surface area contributed by atoms with Gasteiger partial charge in [-0.25, -0.2) is 0 Å². The highest BCUT2D eigenvalue weighted by Gasteiger charge is 2.25. The number of aliphatic hydroxyl groups excluding tert-OH is 6. The summed E-state index contributed by atoms with van der Waals surface area (Å²) < 4.78 is 0. The number of benzene rings is 2. The van der Waals surface area contributed by atoms with Crippen LogP contribution in [0.1, 0.15) is 116 Å². The first-order valence-electron chi connectivity index (χ1n) is 22.4. The van der Waals surface area contributed by atoms with Crippen LogP contribution in [0.5, 0.6) is 34.5 Å². The molecule has 0 fully saturated rings. The third kappa shape index (κ3) is 16.7. The number of nitrogens with zero attached hydrogens (tertiary/aromatic N) is 6. The van der Waals surface area contributed by atoms with Crippen molar-refractivity contribution in [2.24, 2.45) is 65.5 Å². The number of phenolic OH excluding ortho intramolecular Hbond substituents is 6. The summed E-state index contributed by atoms with van der Waals surface area (Å²) in [7, 11) is 0. The van der Waals surface area contributed by atoms with E-state index >= 15 is 0 Å². The minimum Gasteiger partial charge on any atom is -0.506 e. The van der Waals surface area contributed by atoms with Crippen molar-refractivity contribution < 1.29 is 61.3 Å². The molecular formula is C48H78N6O12.